The number of nitrogens with two attached hydrogens (primary N) is 1. The molecule has 3 rings (SSSR count). The van der Waals surface area contributed by atoms with E-state index in [0.29, 0.717) is 16.5 Å². The molecule has 0 saturated carbocycles. The molecule has 7 heteroatoms. The van der Waals surface area contributed by atoms with Crippen LogP contribution in [0.25, 0.3) is 10.8 Å². The van der Waals surface area contributed by atoms with Crippen molar-refractivity contribution in [2.75, 3.05) is 7.11 Å². The zero-order valence-corrected chi connectivity index (χ0v) is 13.8. The lowest BCUT2D eigenvalue weighted by atomic mass is 10.0. The van der Waals surface area contributed by atoms with Crippen LogP contribution in [0.3, 0.4) is 0 Å². The lowest BCUT2D eigenvalue weighted by Crippen LogP contribution is -2.10. The van der Waals surface area contributed by atoms with Gasteiger partial charge >= 0.3 is 6.29 Å². The van der Waals surface area contributed by atoms with E-state index in [9.17, 15) is 14.7 Å². The molecular formula is C19H14N3O4+. The van der Waals surface area contributed by atoms with Crippen molar-refractivity contribution in [1.82, 2.24) is 0 Å². The number of benzene rings is 3. The fraction of sp³-hybridized carbons (Fsp3) is 0.0526. The third-order valence-electron chi connectivity index (χ3n) is 3.83. The fourth-order valence-electron chi connectivity index (χ4n) is 2.53. The summed E-state index contributed by atoms with van der Waals surface area (Å²) >= 11 is 0. The second-order valence-corrected chi connectivity index (χ2v) is 5.39. The molecule has 0 bridgehead atoms. The van der Waals surface area contributed by atoms with Crippen molar-refractivity contribution in [3.63, 3.8) is 0 Å². The van der Waals surface area contributed by atoms with Crippen LogP contribution in [0.15, 0.2) is 58.8 Å². The van der Waals surface area contributed by atoms with Gasteiger partial charge < -0.3 is 15.6 Å². The molecule has 0 radical (unpaired) electrons. The average molecular weight is 348 g/mol. The van der Waals surface area contributed by atoms with Crippen molar-refractivity contribution in [3.8, 4) is 11.5 Å². The number of rotatable bonds is 5. The zero-order valence-electron chi connectivity index (χ0n) is 13.8. The number of carbonyl (C=O) groups is 1. The Morgan fingerprint density at radius 1 is 1.15 bits per heavy atom. The Morgan fingerprint density at radius 3 is 2.62 bits per heavy atom. The number of aromatic hydroxyl groups is 1. The Bertz CT molecular complexity index is 1040. The molecule has 0 aliphatic carbocycles. The summed E-state index contributed by atoms with van der Waals surface area (Å²) in [6.07, 6.45) is 1.68. The molecule has 0 unspecified atom stereocenters. The van der Waals surface area contributed by atoms with Gasteiger partial charge in [0.25, 0.3) is 17.2 Å². The third kappa shape index (κ3) is 3.07. The molecule has 26 heavy (non-hydrogen) atoms. The van der Waals surface area contributed by atoms with E-state index in [2.05, 4.69) is 10.2 Å². The van der Waals surface area contributed by atoms with Crippen LogP contribution in [0.5, 0.6) is 11.5 Å². The predicted molar refractivity (Wildman–Crippen MR) is 96.1 cm³/mol. The number of phenols is 1. The van der Waals surface area contributed by atoms with Gasteiger partial charge in [0.2, 0.25) is 0 Å². The number of fused-ring (bicyclic) bond motifs is 1. The number of ether oxygens (including phenoxy) is 1. The molecule has 0 saturated heterocycles. The predicted octanol–water partition coefficient (Wildman–Crippen LogP) is 3.53. The molecule has 3 aromatic carbocycles. The van der Waals surface area contributed by atoms with E-state index in [4.69, 9.17) is 10.5 Å². The van der Waals surface area contributed by atoms with Crippen molar-refractivity contribution in [2.45, 2.75) is 0 Å². The first-order chi connectivity index (χ1) is 12.5. The van der Waals surface area contributed by atoms with Gasteiger partial charge in [0.15, 0.2) is 5.69 Å². The molecule has 3 aromatic rings. The summed E-state index contributed by atoms with van der Waals surface area (Å²) in [6, 6.07) is 13.1. The van der Waals surface area contributed by atoms with Gasteiger partial charge in [-0.3, -0.25) is 4.79 Å². The Morgan fingerprint density at radius 2 is 1.92 bits per heavy atom. The van der Waals surface area contributed by atoms with E-state index in [1.54, 1.807) is 36.6 Å². The summed E-state index contributed by atoms with van der Waals surface area (Å²) < 4.78 is 5.12. The highest BCUT2D eigenvalue weighted by Gasteiger charge is 2.21. The summed E-state index contributed by atoms with van der Waals surface area (Å²) in [5.74, 6) is -0.551. The molecule has 0 heterocycles. The molecule has 0 fully saturated rings. The van der Waals surface area contributed by atoms with Crippen LogP contribution < -0.4 is 10.5 Å². The second kappa shape index (κ2) is 6.96. The van der Waals surface area contributed by atoms with Crippen molar-refractivity contribution < 1.29 is 19.4 Å². The van der Waals surface area contributed by atoms with Gasteiger partial charge in [-0.05, 0) is 24.3 Å². The number of amides is 1. The molecule has 0 spiro atoms. The summed E-state index contributed by atoms with van der Waals surface area (Å²) in [7, 11) is 1.48. The largest absolute Gasteiger partial charge is 0.497 e. The summed E-state index contributed by atoms with van der Waals surface area (Å²) in [5.41, 5.74) is 5.76. The number of hydrogen-bond donors (Lipinski definition) is 2. The number of phenolic OH excluding ortho intramolecular Hbond substituents is 1. The number of methoxy groups -OCH3 is 1. The van der Waals surface area contributed by atoms with Gasteiger partial charge in [-0.2, -0.15) is 0 Å². The third-order valence-corrected chi connectivity index (χ3v) is 3.83. The van der Waals surface area contributed by atoms with Crippen molar-refractivity contribution in [3.05, 3.63) is 59.7 Å². The first-order valence-corrected chi connectivity index (χ1v) is 7.57. The van der Waals surface area contributed by atoms with Crippen molar-refractivity contribution in [2.24, 2.45) is 16.0 Å². The maximum absolute atomic E-state index is 11.6. The highest BCUT2D eigenvalue weighted by Crippen LogP contribution is 2.39. The Labute approximate surface area is 148 Å². The van der Waals surface area contributed by atoms with Crippen LogP contribution in [0.4, 0.5) is 11.4 Å². The first-order valence-electron chi connectivity index (χ1n) is 7.57. The minimum absolute atomic E-state index is 0.0292. The van der Waals surface area contributed by atoms with Crippen LogP contribution in [0.1, 0.15) is 15.9 Å². The van der Waals surface area contributed by atoms with Crippen LogP contribution in [-0.2, 0) is 4.79 Å². The Hall–Kier alpha value is -3.83. The molecule has 1 amide bonds. The van der Waals surface area contributed by atoms with Gasteiger partial charge in [0.05, 0.1) is 18.7 Å². The molecular weight excluding hydrogens is 334 g/mol. The van der Waals surface area contributed by atoms with Gasteiger partial charge in [-0.25, -0.2) is 0 Å². The minimum atomic E-state index is -0.675. The molecule has 0 aliphatic rings. The highest BCUT2D eigenvalue weighted by atomic mass is 16.5. The maximum atomic E-state index is 11.6. The van der Waals surface area contributed by atoms with Crippen molar-refractivity contribution >= 4 is 34.3 Å². The number of primary amides is 1. The summed E-state index contributed by atoms with van der Waals surface area (Å²) in [4.78, 5) is 22.7. The zero-order chi connectivity index (χ0) is 18.7. The van der Waals surface area contributed by atoms with Gasteiger partial charge in [0, 0.05) is 16.8 Å². The number of azo groups is 1. The summed E-state index contributed by atoms with van der Waals surface area (Å²) in [5, 5.41) is 19.7. The van der Waals surface area contributed by atoms with E-state index in [-0.39, 0.29) is 28.3 Å². The number of nitrogens with zero attached hydrogens (tertiary/aromatic N) is 2. The Balaban J connectivity index is 2.19. The molecule has 3 N–H and O–H groups in total. The second-order valence-electron chi connectivity index (χ2n) is 5.39. The average Bonchev–Trinajstić information content (AvgIpc) is 2.66. The number of carbonyl (C=O) groups excluding carboxylic acids is 2. The maximum Gasteiger partial charge on any atom is 0.307 e. The SMILES string of the molecule is COc1ccc(C(N)=O)c(N=Nc2c(O)c([C+]=O)cc3ccccc23)c1. The topological polar surface area (TPSA) is 114 Å². The van der Waals surface area contributed by atoms with E-state index in [1.807, 2.05) is 0 Å². The van der Waals surface area contributed by atoms with Gasteiger partial charge in [-0.1, -0.05) is 12.1 Å². The first kappa shape index (κ1) is 17.0. The lowest BCUT2D eigenvalue weighted by molar-refractivity contribution is 0.100. The van der Waals surface area contributed by atoms with Crippen LogP contribution in [0.2, 0.25) is 0 Å². The highest BCUT2D eigenvalue weighted by molar-refractivity contribution is 6.01. The van der Waals surface area contributed by atoms with E-state index >= 15 is 0 Å². The molecule has 0 aliphatic heterocycles. The summed E-state index contributed by atoms with van der Waals surface area (Å²) in [6.45, 7) is 0. The van der Waals surface area contributed by atoms with E-state index in [0.717, 1.165) is 0 Å². The van der Waals surface area contributed by atoms with Crippen LogP contribution >= 0.6 is 0 Å². The standard InChI is InChI=1S/C19H13N3O4/c1-26-13-6-7-15(19(20)25)16(9-13)21-22-17-14-5-3-2-4-11(14)8-12(10-23)18(17)24/h2-9H,1H3,(H2-,20,21,23,24,25)/p+1. The van der Waals surface area contributed by atoms with Crippen LogP contribution in [-0.4, -0.2) is 24.4 Å². The lowest BCUT2D eigenvalue weighted by Gasteiger charge is -2.05. The molecule has 7 nitrogen and oxygen atoms in total. The Kier molecular flexibility index (Phi) is 4.55. The molecule has 0 aromatic heterocycles. The fourth-order valence-corrected chi connectivity index (χ4v) is 2.53. The van der Waals surface area contributed by atoms with Gasteiger partial charge in [-0.15, -0.1) is 15.0 Å². The quantitative estimate of drug-likeness (QED) is 0.542. The van der Waals surface area contributed by atoms with E-state index < -0.39 is 5.91 Å². The normalized spacial score (nSPS) is 10.8. The minimum Gasteiger partial charge on any atom is -0.497 e. The number of hydrogen-bond acceptors (Lipinski definition) is 6. The smallest absolute Gasteiger partial charge is 0.307 e. The van der Waals surface area contributed by atoms with Gasteiger partial charge in [0.1, 0.15) is 11.4 Å². The molecule has 0 atom stereocenters. The van der Waals surface area contributed by atoms with Crippen molar-refractivity contribution in [1.29, 1.82) is 0 Å². The van der Waals surface area contributed by atoms with Crippen LogP contribution in [0, 0.1) is 0 Å². The molecule has 128 valence electrons. The van der Waals surface area contributed by atoms with E-state index in [1.165, 1.54) is 25.3 Å². The monoisotopic (exact) mass is 348 g/mol.